The van der Waals surface area contributed by atoms with Crippen LogP contribution in [0.15, 0.2) is 27.9 Å². The van der Waals surface area contributed by atoms with E-state index in [1.165, 1.54) is 39.3 Å². The molecule has 2 aliphatic heterocycles. The molecule has 12 heteroatoms. The Labute approximate surface area is 195 Å². The van der Waals surface area contributed by atoms with E-state index in [1.807, 2.05) is 22.2 Å². The van der Waals surface area contributed by atoms with E-state index in [-0.39, 0.29) is 35.7 Å². The fourth-order valence-electron chi connectivity index (χ4n) is 3.40. The molecule has 3 N–H and O–H groups in total. The number of nitrogens with zero attached hydrogens (tertiary/aromatic N) is 2. The van der Waals surface area contributed by atoms with Gasteiger partial charge in [0.25, 0.3) is 5.91 Å². The summed E-state index contributed by atoms with van der Waals surface area (Å²) in [5, 5.41) is 8.12. The standard InChI is InChI=1S/C19H18N4O4S4/c20-12(24)2-1-10-7-30-16(21-10)11-8-31-18-14(17(26)23(18)15(11)19(27)28)22-13(25)5-9-3-4-29-6-9/h3-4,6-7,14,18H,1-2,5,8H2,(H2,20,24)(H,22,25)(H,27,28)/t14-,18-/m1/s1. The third kappa shape index (κ3) is 4.56. The van der Waals surface area contributed by atoms with Gasteiger partial charge in [-0.1, -0.05) is 12.6 Å². The summed E-state index contributed by atoms with van der Waals surface area (Å²) in [5.41, 5.74) is 7.63. The highest BCUT2D eigenvalue weighted by Gasteiger charge is 2.54. The lowest BCUT2D eigenvalue weighted by molar-refractivity contribution is -0.146. The summed E-state index contributed by atoms with van der Waals surface area (Å²) in [7, 11) is 0. The van der Waals surface area contributed by atoms with Gasteiger partial charge in [-0.05, 0) is 28.8 Å². The fraction of sp³-hybridized carbons (Fsp3) is 0.316. The maximum Gasteiger partial charge on any atom is 0.253 e. The first-order valence-corrected chi connectivity index (χ1v) is 12.6. The smallest absolute Gasteiger partial charge is 0.253 e. The molecule has 1 fully saturated rings. The van der Waals surface area contributed by atoms with Gasteiger partial charge >= 0.3 is 0 Å². The van der Waals surface area contributed by atoms with Crippen molar-refractivity contribution in [3.63, 3.8) is 0 Å². The van der Waals surface area contributed by atoms with Crippen molar-refractivity contribution < 1.29 is 19.2 Å². The summed E-state index contributed by atoms with van der Waals surface area (Å²) in [5.74, 6) is -0.523. The predicted molar refractivity (Wildman–Crippen MR) is 124 cm³/mol. The molecular weight excluding hydrogens is 477 g/mol. The van der Waals surface area contributed by atoms with Crippen LogP contribution in [0, 0.1) is 0 Å². The van der Waals surface area contributed by atoms with Crippen molar-refractivity contribution in [2.75, 3.05) is 5.75 Å². The van der Waals surface area contributed by atoms with Crippen LogP contribution in [0.25, 0.3) is 5.57 Å². The van der Waals surface area contributed by atoms with Crippen molar-refractivity contribution in [3.05, 3.63) is 44.2 Å². The van der Waals surface area contributed by atoms with Gasteiger partial charge in [0.2, 0.25) is 16.9 Å². The summed E-state index contributed by atoms with van der Waals surface area (Å²) in [4.78, 5) is 54.4. The first kappa shape index (κ1) is 22.1. The predicted octanol–water partition coefficient (Wildman–Crippen LogP) is 1.43. The van der Waals surface area contributed by atoms with Gasteiger partial charge in [-0.3, -0.25) is 24.1 Å². The molecule has 0 bridgehead atoms. The molecule has 0 unspecified atom stereocenters. The second-order valence-corrected chi connectivity index (χ2v) is 10.2. The van der Waals surface area contributed by atoms with E-state index < -0.39 is 17.1 Å². The van der Waals surface area contributed by atoms with Gasteiger partial charge in [-0.25, -0.2) is 4.98 Å². The number of thiazole rings is 1. The largest absolute Gasteiger partial charge is 0.370 e. The zero-order valence-electron chi connectivity index (χ0n) is 16.1. The lowest BCUT2D eigenvalue weighted by Gasteiger charge is -2.49. The van der Waals surface area contributed by atoms with E-state index >= 15 is 0 Å². The number of aromatic nitrogens is 1. The topological polar surface area (TPSA) is 122 Å². The molecule has 8 nitrogen and oxygen atoms in total. The number of thiophene rings is 1. The maximum absolute atomic E-state index is 12.8. The minimum Gasteiger partial charge on any atom is -0.370 e. The Kier molecular flexibility index (Phi) is 6.51. The zero-order valence-corrected chi connectivity index (χ0v) is 19.4. The number of carbonyl (C=O) groups is 4. The first-order chi connectivity index (χ1) is 14.8. The third-order valence-corrected chi connectivity index (χ3v) is 8.04. The van der Waals surface area contributed by atoms with E-state index in [9.17, 15) is 19.2 Å². The average molecular weight is 495 g/mol. The first-order valence-electron chi connectivity index (χ1n) is 9.29. The van der Waals surface area contributed by atoms with E-state index in [0.717, 1.165) is 5.56 Å². The van der Waals surface area contributed by atoms with Crippen LogP contribution in [0.5, 0.6) is 0 Å². The minimum atomic E-state index is -0.678. The Hall–Kier alpha value is -2.15. The molecule has 2 aliphatic rings. The van der Waals surface area contributed by atoms with E-state index in [4.69, 9.17) is 5.73 Å². The summed E-state index contributed by atoms with van der Waals surface area (Å²) >= 11 is 8.31. The van der Waals surface area contributed by atoms with Gasteiger partial charge in [0.1, 0.15) is 22.1 Å². The number of fused-ring (bicyclic) bond motifs is 1. The number of amides is 3. The quantitative estimate of drug-likeness (QED) is 0.377. The van der Waals surface area contributed by atoms with E-state index in [0.29, 0.717) is 28.4 Å². The molecule has 0 spiro atoms. The molecule has 0 aliphatic carbocycles. The van der Waals surface area contributed by atoms with Crippen LogP contribution >= 0.6 is 47.1 Å². The molecule has 2 aromatic heterocycles. The fourth-order valence-corrected chi connectivity index (χ4v) is 6.65. The molecule has 162 valence electrons. The highest BCUT2D eigenvalue weighted by Crippen LogP contribution is 2.44. The zero-order chi connectivity index (χ0) is 22.1. The maximum atomic E-state index is 12.8. The number of thiol groups is 1. The molecule has 4 rings (SSSR count). The van der Waals surface area contributed by atoms with Gasteiger partial charge in [0, 0.05) is 23.1 Å². The Morgan fingerprint density at radius 1 is 1.32 bits per heavy atom. The third-order valence-electron chi connectivity index (χ3n) is 4.87. The summed E-state index contributed by atoms with van der Waals surface area (Å²) < 4.78 is 0. The Morgan fingerprint density at radius 2 is 2.13 bits per heavy atom. The Morgan fingerprint density at radius 3 is 2.81 bits per heavy atom. The number of rotatable bonds is 8. The molecule has 0 aromatic carbocycles. The van der Waals surface area contributed by atoms with Gasteiger partial charge in [-0.15, -0.1) is 23.1 Å². The van der Waals surface area contributed by atoms with Crippen molar-refractivity contribution in [2.24, 2.45) is 5.73 Å². The normalized spacial score (nSPS) is 20.3. The summed E-state index contributed by atoms with van der Waals surface area (Å²) in [6.07, 6.45) is 0.812. The van der Waals surface area contributed by atoms with Crippen LogP contribution in [0.4, 0.5) is 0 Å². The number of β-lactam (4-membered cyclic amide) rings is 1. The van der Waals surface area contributed by atoms with Gasteiger partial charge < -0.3 is 11.1 Å². The molecule has 2 aromatic rings. The minimum absolute atomic E-state index is 0.189. The number of thioether (sulfide) groups is 1. The lowest BCUT2D eigenvalue weighted by Crippen LogP contribution is -2.70. The Bertz CT molecular complexity index is 1080. The molecule has 0 radical (unpaired) electrons. The number of aryl methyl sites for hydroxylation is 1. The number of nitrogens with two attached hydrogens (primary N) is 1. The van der Waals surface area contributed by atoms with Gasteiger partial charge in [0.15, 0.2) is 0 Å². The molecule has 4 heterocycles. The molecule has 0 saturated carbocycles. The van der Waals surface area contributed by atoms with Crippen LogP contribution in [0.2, 0.25) is 0 Å². The highest BCUT2D eigenvalue weighted by atomic mass is 32.2. The van der Waals surface area contributed by atoms with Crippen LogP contribution in [0.1, 0.15) is 22.7 Å². The number of carbonyl (C=O) groups excluding carboxylic acids is 4. The number of primary amides is 1. The van der Waals surface area contributed by atoms with Crippen molar-refractivity contribution in [2.45, 2.75) is 30.7 Å². The Balaban J connectivity index is 1.50. The van der Waals surface area contributed by atoms with Crippen LogP contribution < -0.4 is 11.1 Å². The second-order valence-electron chi connectivity index (χ2n) is 7.01. The molecule has 1 saturated heterocycles. The van der Waals surface area contributed by atoms with Crippen molar-refractivity contribution in [1.29, 1.82) is 0 Å². The monoisotopic (exact) mass is 494 g/mol. The van der Waals surface area contributed by atoms with Crippen molar-refractivity contribution in [1.82, 2.24) is 15.2 Å². The molecule has 2 atom stereocenters. The lowest BCUT2D eigenvalue weighted by atomic mass is 10.0. The summed E-state index contributed by atoms with van der Waals surface area (Å²) in [6.45, 7) is 0. The average Bonchev–Trinajstić information content (AvgIpc) is 3.41. The van der Waals surface area contributed by atoms with Gasteiger partial charge in [0.05, 0.1) is 12.1 Å². The van der Waals surface area contributed by atoms with Crippen LogP contribution in [-0.2, 0) is 32.0 Å². The van der Waals surface area contributed by atoms with E-state index in [1.54, 1.807) is 0 Å². The highest BCUT2D eigenvalue weighted by molar-refractivity contribution is 8.00. The van der Waals surface area contributed by atoms with Crippen molar-refractivity contribution in [3.8, 4) is 0 Å². The summed E-state index contributed by atoms with van der Waals surface area (Å²) in [6, 6.07) is 1.19. The van der Waals surface area contributed by atoms with Crippen LogP contribution in [0.3, 0.4) is 0 Å². The van der Waals surface area contributed by atoms with E-state index in [2.05, 4.69) is 22.9 Å². The number of hydrogen-bond acceptors (Lipinski definition) is 8. The second kappa shape index (κ2) is 9.15. The van der Waals surface area contributed by atoms with Gasteiger partial charge in [-0.2, -0.15) is 11.3 Å². The number of hydrogen-bond donors (Lipinski definition) is 3. The van der Waals surface area contributed by atoms with Crippen molar-refractivity contribution >= 4 is 75.5 Å². The molecule has 3 amide bonds. The SMILES string of the molecule is NC(=O)CCc1csc(C2=C(C(=O)S)N3C(=O)[C@@H](NC(=O)Cc4ccsc4)[C@H]3SC2)n1. The molecular formula is C19H18N4O4S4. The van der Waals surface area contributed by atoms with Crippen LogP contribution in [-0.4, -0.2) is 49.9 Å². The molecule has 31 heavy (non-hydrogen) atoms. The number of nitrogens with one attached hydrogen (secondary N) is 1.